The highest BCUT2D eigenvalue weighted by Gasteiger charge is 2.15. The highest BCUT2D eigenvalue weighted by molar-refractivity contribution is 5.94. The zero-order valence-corrected chi connectivity index (χ0v) is 10.9. The minimum atomic E-state index is -1.18. The summed E-state index contributed by atoms with van der Waals surface area (Å²) in [6, 6.07) is 3.47. The lowest BCUT2D eigenvalue weighted by molar-refractivity contribution is -0.384. The van der Waals surface area contributed by atoms with Crippen molar-refractivity contribution in [2.45, 2.75) is 12.5 Å². The zero-order valence-electron chi connectivity index (χ0n) is 10.9. The summed E-state index contributed by atoms with van der Waals surface area (Å²) < 4.78 is 4.76. The summed E-state index contributed by atoms with van der Waals surface area (Å²) in [7, 11) is 1.46. The predicted octanol–water partition coefficient (Wildman–Crippen LogP) is 1.10. The van der Waals surface area contributed by atoms with E-state index < -0.39 is 17.0 Å². The van der Waals surface area contributed by atoms with Crippen LogP contribution in [-0.2, 0) is 4.74 Å². The quantitative estimate of drug-likeness (QED) is 0.482. The minimum absolute atomic E-state index is 0.0585. The van der Waals surface area contributed by atoms with Crippen LogP contribution in [0.1, 0.15) is 16.8 Å². The molecule has 3 N–H and O–H groups in total. The number of methoxy groups -OCH3 is 1. The number of aliphatic hydroxyl groups excluding tert-OH is 1. The molecule has 1 unspecified atom stereocenters. The number of carboxylic acid groups (broad SMARTS) is 1. The maximum atomic E-state index is 11.0. The molecular weight excluding hydrogens is 268 g/mol. The second-order valence-electron chi connectivity index (χ2n) is 4.12. The highest BCUT2D eigenvalue weighted by atomic mass is 16.6. The number of anilines is 1. The third-order valence-corrected chi connectivity index (χ3v) is 2.60. The summed E-state index contributed by atoms with van der Waals surface area (Å²) in [5.41, 5.74) is -0.108. The number of nitrogens with zero attached hydrogens (tertiary/aromatic N) is 1. The van der Waals surface area contributed by atoms with E-state index in [9.17, 15) is 20.0 Å². The SMILES string of the molecule is COCC(O)CCNc1cc([N+](=O)[O-])ccc1C(=O)O. The fourth-order valence-electron chi connectivity index (χ4n) is 1.63. The fourth-order valence-corrected chi connectivity index (χ4v) is 1.63. The number of nitrogens with one attached hydrogen (secondary N) is 1. The number of nitro benzene ring substituents is 1. The average molecular weight is 284 g/mol. The van der Waals surface area contributed by atoms with E-state index in [1.165, 1.54) is 13.2 Å². The number of hydrogen-bond acceptors (Lipinski definition) is 6. The number of ether oxygens (including phenoxy) is 1. The molecule has 0 spiro atoms. The summed E-state index contributed by atoms with van der Waals surface area (Å²) in [6.45, 7) is 0.439. The molecule has 0 saturated carbocycles. The first-order chi connectivity index (χ1) is 9.45. The van der Waals surface area contributed by atoms with Crippen LogP contribution in [0, 0.1) is 10.1 Å². The number of non-ortho nitro benzene ring substituents is 1. The van der Waals surface area contributed by atoms with Crippen LogP contribution in [-0.4, -0.2) is 47.5 Å². The molecule has 0 saturated heterocycles. The van der Waals surface area contributed by atoms with Crippen molar-refractivity contribution < 1.29 is 24.7 Å². The number of aromatic carboxylic acids is 1. The Morgan fingerprint density at radius 3 is 2.80 bits per heavy atom. The number of nitro groups is 1. The molecule has 0 aliphatic rings. The van der Waals surface area contributed by atoms with Crippen molar-refractivity contribution in [2.24, 2.45) is 0 Å². The summed E-state index contributed by atoms with van der Waals surface area (Å²) >= 11 is 0. The Balaban J connectivity index is 2.77. The van der Waals surface area contributed by atoms with E-state index in [4.69, 9.17) is 9.84 Å². The van der Waals surface area contributed by atoms with Crippen molar-refractivity contribution >= 4 is 17.3 Å². The predicted molar refractivity (Wildman–Crippen MR) is 71.0 cm³/mol. The van der Waals surface area contributed by atoms with Gasteiger partial charge in [0.1, 0.15) is 0 Å². The molecule has 0 radical (unpaired) electrons. The first-order valence-corrected chi connectivity index (χ1v) is 5.88. The monoisotopic (exact) mass is 284 g/mol. The lowest BCUT2D eigenvalue weighted by atomic mass is 10.1. The van der Waals surface area contributed by atoms with Gasteiger partial charge in [-0.1, -0.05) is 0 Å². The smallest absolute Gasteiger partial charge is 0.337 e. The van der Waals surface area contributed by atoms with E-state index in [2.05, 4.69) is 5.32 Å². The van der Waals surface area contributed by atoms with Gasteiger partial charge >= 0.3 is 5.97 Å². The second kappa shape index (κ2) is 7.41. The van der Waals surface area contributed by atoms with E-state index in [1.807, 2.05) is 0 Å². The largest absolute Gasteiger partial charge is 0.478 e. The van der Waals surface area contributed by atoms with Gasteiger partial charge in [-0.05, 0) is 12.5 Å². The van der Waals surface area contributed by atoms with Gasteiger partial charge in [-0.2, -0.15) is 0 Å². The lowest BCUT2D eigenvalue weighted by Gasteiger charge is -2.12. The van der Waals surface area contributed by atoms with Crippen LogP contribution in [0.15, 0.2) is 18.2 Å². The van der Waals surface area contributed by atoms with Crippen LogP contribution >= 0.6 is 0 Å². The normalized spacial score (nSPS) is 11.9. The Kier molecular flexibility index (Phi) is 5.88. The molecule has 0 fully saturated rings. The van der Waals surface area contributed by atoms with Crippen molar-refractivity contribution in [3.05, 3.63) is 33.9 Å². The van der Waals surface area contributed by atoms with Gasteiger partial charge in [-0.15, -0.1) is 0 Å². The summed E-state index contributed by atoms with van der Waals surface area (Å²) in [6.07, 6.45) is -0.352. The second-order valence-corrected chi connectivity index (χ2v) is 4.12. The lowest BCUT2D eigenvalue weighted by Crippen LogP contribution is -2.19. The Bertz CT molecular complexity index is 491. The first kappa shape index (κ1) is 15.9. The van der Waals surface area contributed by atoms with Gasteiger partial charge in [0.05, 0.1) is 28.9 Å². The van der Waals surface area contributed by atoms with Crippen LogP contribution in [0.3, 0.4) is 0 Å². The molecule has 20 heavy (non-hydrogen) atoms. The van der Waals surface area contributed by atoms with Gasteiger partial charge < -0.3 is 20.3 Å². The molecular formula is C12H16N2O6. The van der Waals surface area contributed by atoms with Gasteiger partial charge in [0.15, 0.2) is 0 Å². The Morgan fingerprint density at radius 2 is 2.25 bits per heavy atom. The standard InChI is InChI=1S/C12H16N2O6/c1-20-7-9(15)4-5-13-11-6-8(14(18)19)2-3-10(11)12(16)17/h2-3,6,9,13,15H,4-5,7H2,1H3,(H,16,17). The van der Waals surface area contributed by atoms with Crippen LogP contribution in [0.2, 0.25) is 0 Å². The van der Waals surface area contributed by atoms with Gasteiger partial charge in [-0.3, -0.25) is 10.1 Å². The van der Waals surface area contributed by atoms with Crippen molar-refractivity contribution in [1.82, 2.24) is 0 Å². The molecule has 8 nitrogen and oxygen atoms in total. The van der Waals surface area contributed by atoms with Crippen molar-refractivity contribution in [2.75, 3.05) is 25.6 Å². The summed E-state index contributed by atoms with van der Waals surface area (Å²) in [5.74, 6) is -1.18. The van der Waals surface area contributed by atoms with Crippen molar-refractivity contribution in [3.8, 4) is 0 Å². The maximum Gasteiger partial charge on any atom is 0.337 e. The summed E-state index contributed by atoms with van der Waals surface area (Å²) in [4.78, 5) is 21.1. The Labute approximate surface area is 115 Å². The van der Waals surface area contributed by atoms with Crippen molar-refractivity contribution in [1.29, 1.82) is 0 Å². The van der Waals surface area contributed by atoms with Gasteiger partial charge in [0, 0.05) is 25.8 Å². The molecule has 1 rings (SSSR count). The molecule has 0 bridgehead atoms. The Hall–Kier alpha value is -2.19. The van der Waals surface area contributed by atoms with Gasteiger partial charge in [-0.25, -0.2) is 4.79 Å². The minimum Gasteiger partial charge on any atom is -0.478 e. The van der Waals surface area contributed by atoms with E-state index in [0.29, 0.717) is 6.42 Å². The van der Waals surface area contributed by atoms with E-state index >= 15 is 0 Å². The number of hydrogen-bond donors (Lipinski definition) is 3. The fraction of sp³-hybridized carbons (Fsp3) is 0.417. The first-order valence-electron chi connectivity index (χ1n) is 5.88. The zero-order chi connectivity index (χ0) is 15.1. The topological polar surface area (TPSA) is 122 Å². The van der Waals surface area contributed by atoms with Crippen molar-refractivity contribution in [3.63, 3.8) is 0 Å². The maximum absolute atomic E-state index is 11.0. The van der Waals surface area contributed by atoms with Crippen LogP contribution in [0.4, 0.5) is 11.4 Å². The Morgan fingerprint density at radius 1 is 1.55 bits per heavy atom. The number of carbonyl (C=O) groups is 1. The summed E-state index contributed by atoms with van der Waals surface area (Å²) in [5, 5.41) is 31.9. The molecule has 0 aromatic heterocycles. The van der Waals surface area contributed by atoms with Crippen LogP contribution < -0.4 is 5.32 Å². The van der Waals surface area contributed by atoms with Crippen LogP contribution in [0.25, 0.3) is 0 Å². The van der Waals surface area contributed by atoms with E-state index in [0.717, 1.165) is 12.1 Å². The molecule has 0 aliphatic carbocycles. The molecule has 110 valence electrons. The molecule has 0 amide bonds. The van der Waals surface area contributed by atoms with Gasteiger partial charge in [0.25, 0.3) is 5.69 Å². The van der Waals surface area contributed by atoms with E-state index in [-0.39, 0.29) is 30.1 Å². The number of carboxylic acids is 1. The van der Waals surface area contributed by atoms with E-state index in [1.54, 1.807) is 0 Å². The van der Waals surface area contributed by atoms with Gasteiger partial charge in [0.2, 0.25) is 0 Å². The molecule has 1 aromatic rings. The number of aliphatic hydroxyl groups is 1. The molecule has 1 atom stereocenters. The number of benzene rings is 1. The van der Waals surface area contributed by atoms with Crippen LogP contribution in [0.5, 0.6) is 0 Å². The third kappa shape index (κ3) is 4.48. The average Bonchev–Trinajstić information content (AvgIpc) is 2.38. The third-order valence-electron chi connectivity index (χ3n) is 2.60. The number of rotatable bonds is 8. The molecule has 8 heteroatoms. The molecule has 0 aliphatic heterocycles. The molecule has 0 heterocycles. The molecule has 1 aromatic carbocycles. The highest BCUT2D eigenvalue weighted by Crippen LogP contribution is 2.22.